The first-order valence-corrected chi connectivity index (χ1v) is 12.6. The number of sulfonamides is 1. The molecule has 1 aliphatic heterocycles. The normalized spacial score (nSPS) is 16.9. The number of thioether (sulfide) groups is 1. The highest BCUT2D eigenvalue weighted by Gasteiger charge is 2.28. The van der Waals surface area contributed by atoms with Crippen LogP contribution in [0.1, 0.15) is 25.3 Å². The predicted octanol–water partition coefficient (Wildman–Crippen LogP) is 3.48. The van der Waals surface area contributed by atoms with Gasteiger partial charge in [-0.1, -0.05) is 49.1 Å². The lowest BCUT2D eigenvalue weighted by Gasteiger charge is -2.33. The molecule has 0 bridgehead atoms. The second-order valence-electron chi connectivity index (χ2n) is 6.72. The lowest BCUT2D eigenvalue weighted by molar-refractivity contribution is 0.144. The largest absolute Gasteiger partial charge is 0.282 e. The highest BCUT2D eigenvalue weighted by Crippen LogP contribution is 2.22. The van der Waals surface area contributed by atoms with Gasteiger partial charge in [-0.3, -0.25) is 4.90 Å². The van der Waals surface area contributed by atoms with Crippen LogP contribution in [0.3, 0.4) is 0 Å². The summed E-state index contributed by atoms with van der Waals surface area (Å²) in [5.41, 5.74) is 1.14. The van der Waals surface area contributed by atoms with Crippen LogP contribution in [0, 0.1) is 3.95 Å². The first kappa shape index (κ1) is 20.9. The summed E-state index contributed by atoms with van der Waals surface area (Å²) in [6, 6.07) is 7.24. The number of hydrogen-bond donors (Lipinski definition) is 0. The molecule has 0 N–H and O–H groups in total. The summed E-state index contributed by atoms with van der Waals surface area (Å²) in [7, 11) is -3.45. The van der Waals surface area contributed by atoms with Gasteiger partial charge < -0.3 is 0 Å². The topological polar surface area (TPSA) is 58.4 Å². The van der Waals surface area contributed by atoms with Gasteiger partial charge in [0.1, 0.15) is 0 Å². The van der Waals surface area contributed by atoms with Crippen molar-refractivity contribution >= 4 is 45.3 Å². The van der Waals surface area contributed by atoms with E-state index in [4.69, 9.17) is 12.2 Å². The van der Waals surface area contributed by atoms with Gasteiger partial charge in [0.25, 0.3) is 0 Å². The summed E-state index contributed by atoms with van der Waals surface area (Å²) in [5, 5.41) is 4.48. The Hall–Kier alpha value is -0.780. The zero-order valence-electron chi connectivity index (χ0n) is 15.7. The van der Waals surface area contributed by atoms with E-state index in [0.29, 0.717) is 43.7 Å². The van der Waals surface area contributed by atoms with E-state index in [1.54, 1.807) is 28.2 Å². The van der Waals surface area contributed by atoms with Gasteiger partial charge in [-0.15, -0.1) is 0 Å². The Kier molecular flexibility index (Phi) is 6.75. The summed E-state index contributed by atoms with van der Waals surface area (Å²) in [4.78, 5) is 2.56. The Morgan fingerprint density at radius 2 is 1.81 bits per heavy atom. The molecule has 1 aromatic carbocycles. The van der Waals surface area contributed by atoms with Crippen molar-refractivity contribution in [2.45, 2.75) is 35.7 Å². The molecular formula is C17H24N4O2S4. The summed E-state index contributed by atoms with van der Waals surface area (Å²) < 4.78 is 30.9. The van der Waals surface area contributed by atoms with E-state index in [-0.39, 0.29) is 0 Å². The van der Waals surface area contributed by atoms with Crippen molar-refractivity contribution in [1.29, 1.82) is 0 Å². The Morgan fingerprint density at radius 1 is 1.19 bits per heavy atom. The minimum absolute atomic E-state index is 0.367. The number of piperazine rings is 1. The van der Waals surface area contributed by atoms with E-state index in [9.17, 15) is 8.42 Å². The second kappa shape index (κ2) is 8.71. The van der Waals surface area contributed by atoms with Gasteiger partial charge in [-0.25, -0.2) is 13.1 Å². The Morgan fingerprint density at radius 3 is 2.33 bits per heavy atom. The van der Waals surface area contributed by atoms with E-state index < -0.39 is 10.0 Å². The fourth-order valence-electron chi connectivity index (χ4n) is 2.93. The minimum atomic E-state index is -3.45. The van der Waals surface area contributed by atoms with Crippen LogP contribution in [0.15, 0.2) is 33.5 Å². The average molecular weight is 445 g/mol. The number of benzene rings is 1. The Labute approximate surface area is 174 Å². The van der Waals surface area contributed by atoms with E-state index in [0.717, 1.165) is 13.9 Å². The summed E-state index contributed by atoms with van der Waals surface area (Å²) >= 11 is 8.44. The average Bonchev–Trinajstić information content (AvgIpc) is 3.02. The number of nitrogens with zero attached hydrogens (tertiary/aromatic N) is 4. The fourth-order valence-corrected chi connectivity index (χ4v) is 6.09. The molecule has 1 saturated heterocycles. The molecule has 27 heavy (non-hydrogen) atoms. The summed E-state index contributed by atoms with van der Waals surface area (Å²) in [5.74, 6) is 0.384. The maximum absolute atomic E-state index is 12.9. The van der Waals surface area contributed by atoms with Gasteiger partial charge in [-0.2, -0.15) is 9.40 Å². The summed E-state index contributed by atoms with van der Waals surface area (Å²) in [6.07, 6.45) is 1.98. The molecule has 2 aromatic rings. The molecule has 148 valence electrons. The second-order valence-corrected chi connectivity index (χ2v) is 11.3. The van der Waals surface area contributed by atoms with Gasteiger partial charge in [-0.05, 0) is 42.1 Å². The van der Waals surface area contributed by atoms with Gasteiger partial charge in [0.05, 0.1) is 11.6 Å². The minimum Gasteiger partial charge on any atom is -0.282 e. The maximum Gasteiger partial charge on any atom is 0.243 e. The highest BCUT2D eigenvalue weighted by molar-refractivity contribution is 8.00. The van der Waals surface area contributed by atoms with Crippen molar-refractivity contribution in [2.75, 3.05) is 32.4 Å². The number of rotatable bonds is 6. The van der Waals surface area contributed by atoms with E-state index >= 15 is 0 Å². The Bertz CT molecular complexity index is 927. The molecule has 0 saturated carbocycles. The molecule has 1 aromatic heterocycles. The lowest BCUT2D eigenvalue weighted by atomic mass is 10.0. The fraction of sp³-hybridized carbons (Fsp3) is 0.529. The molecule has 0 radical (unpaired) electrons. The van der Waals surface area contributed by atoms with Gasteiger partial charge in [0.2, 0.25) is 10.0 Å². The molecule has 0 spiro atoms. The van der Waals surface area contributed by atoms with Crippen molar-refractivity contribution in [3.63, 3.8) is 0 Å². The first-order valence-electron chi connectivity index (χ1n) is 8.75. The zero-order valence-corrected chi connectivity index (χ0v) is 18.9. The smallest absolute Gasteiger partial charge is 0.243 e. The van der Waals surface area contributed by atoms with Crippen LogP contribution in [-0.4, -0.2) is 59.8 Å². The third-order valence-corrected chi connectivity index (χ3v) is 8.81. The van der Waals surface area contributed by atoms with Crippen molar-refractivity contribution < 1.29 is 8.42 Å². The molecule has 3 rings (SSSR count). The first-order chi connectivity index (χ1) is 12.8. The van der Waals surface area contributed by atoms with Crippen LogP contribution < -0.4 is 0 Å². The maximum atomic E-state index is 12.9. The molecule has 0 atom stereocenters. The number of hydrogen-bond acceptors (Lipinski definition) is 7. The van der Waals surface area contributed by atoms with Crippen LogP contribution in [-0.2, 0) is 16.7 Å². The van der Waals surface area contributed by atoms with E-state index in [1.165, 1.54) is 11.3 Å². The molecular weight excluding hydrogens is 420 g/mol. The molecule has 1 aliphatic rings. The van der Waals surface area contributed by atoms with Crippen LogP contribution in [0.25, 0.3) is 0 Å². The zero-order chi connectivity index (χ0) is 19.6. The van der Waals surface area contributed by atoms with Crippen molar-refractivity contribution in [3.8, 4) is 0 Å². The third-order valence-electron chi connectivity index (χ3n) is 4.61. The quantitative estimate of drug-likeness (QED) is 0.502. The van der Waals surface area contributed by atoms with Crippen LogP contribution >= 0.6 is 35.3 Å². The van der Waals surface area contributed by atoms with Crippen LogP contribution in [0.4, 0.5) is 0 Å². The summed E-state index contributed by atoms with van der Waals surface area (Å²) in [6.45, 7) is 7.07. The lowest BCUT2D eigenvalue weighted by Crippen LogP contribution is -2.48. The van der Waals surface area contributed by atoms with Crippen molar-refractivity contribution in [1.82, 2.24) is 19.0 Å². The third kappa shape index (κ3) is 4.80. The van der Waals surface area contributed by atoms with Crippen molar-refractivity contribution in [2.24, 2.45) is 0 Å². The van der Waals surface area contributed by atoms with Crippen molar-refractivity contribution in [3.05, 3.63) is 33.8 Å². The van der Waals surface area contributed by atoms with Gasteiger partial charge in [0.15, 0.2) is 8.29 Å². The van der Waals surface area contributed by atoms with E-state index in [1.807, 2.05) is 23.1 Å². The van der Waals surface area contributed by atoms with Crippen LogP contribution in [0.5, 0.6) is 0 Å². The molecule has 2 heterocycles. The van der Waals surface area contributed by atoms with Gasteiger partial charge in [0, 0.05) is 26.2 Å². The Balaban J connectivity index is 1.63. The predicted molar refractivity (Wildman–Crippen MR) is 114 cm³/mol. The molecule has 1 fully saturated rings. The molecule has 10 heteroatoms. The monoisotopic (exact) mass is 444 g/mol. The van der Waals surface area contributed by atoms with E-state index in [2.05, 4.69) is 23.8 Å². The molecule has 0 amide bonds. The highest BCUT2D eigenvalue weighted by atomic mass is 32.2. The molecule has 0 unspecified atom stereocenters. The SMILES string of the molecule is CSc1nn(CN2CCN(S(=O)(=O)c3ccc(C(C)C)cc3)CC2)c(=S)s1. The van der Waals surface area contributed by atoms with Crippen LogP contribution in [0.2, 0.25) is 0 Å². The van der Waals surface area contributed by atoms with Gasteiger partial charge >= 0.3 is 0 Å². The molecule has 0 aliphatic carbocycles. The number of aromatic nitrogens is 2. The molecule has 6 nitrogen and oxygen atoms in total. The standard InChI is InChI=1S/C17H24N4O2S4/c1-13(2)14-4-6-15(7-5-14)27(22,23)20-10-8-19(9-11-20)12-21-17(24)26-16(18-21)25-3/h4-7,13H,8-12H2,1-3H3.